The molecule has 1 fully saturated rings. The molecule has 0 aliphatic carbocycles. The van der Waals surface area contributed by atoms with Crippen molar-refractivity contribution in [2.45, 2.75) is 45.7 Å². The Balaban J connectivity index is 1.97. The fraction of sp³-hybridized carbons (Fsp3) is 0.667. The molecule has 1 aromatic rings. The maximum Gasteiger partial charge on any atom is 0.216 e. The molecule has 2 heterocycles. The van der Waals surface area contributed by atoms with Gasteiger partial charge in [-0.15, -0.1) is 0 Å². The molecule has 1 N–H and O–H groups in total. The molecule has 0 radical (unpaired) electrons. The van der Waals surface area contributed by atoms with Crippen molar-refractivity contribution in [3.8, 4) is 0 Å². The molecule has 1 saturated heterocycles. The van der Waals surface area contributed by atoms with Crippen LogP contribution in [0.2, 0.25) is 0 Å². The number of aliphatic imine (C=N–C) groups is 1. The maximum absolute atomic E-state index is 5.40. The summed E-state index contributed by atoms with van der Waals surface area (Å²) in [4.78, 5) is 8.67. The van der Waals surface area contributed by atoms with Gasteiger partial charge in [-0.05, 0) is 26.7 Å². The second-order valence-electron chi connectivity index (χ2n) is 4.62. The van der Waals surface area contributed by atoms with E-state index in [1.165, 1.54) is 6.42 Å². The monoisotopic (exact) mass is 253 g/mol. The summed E-state index contributed by atoms with van der Waals surface area (Å²) in [6, 6.07) is 0. The second-order valence-corrected chi connectivity index (χ2v) is 5.71. The largest absolute Gasteiger partial charge is 0.444 e. The van der Waals surface area contributed by atoms with E-state index in [4.69, 9.17) is 4.42 Å². The van der Waals surface area contributed by atoms with Gasteiger partial charge in [-0.1, -0.05) is 18.7 Å². The average molecular weight is 253 g/mol. The normalized spacial score (nSPS) is 27.1. The fourth-order valence-corrected chi connectivity index (χ4v) is 2.91. The van der Waals surface area contributed by atoms with E-state index in [0.717, 1.165) is 23.1 Å². The lowest BCUT2D eigenvalue weighted by Crippen LogP contribution is -2.48. The Bertz CT molecular complexity index is 416. The first-order valence-electron chi connectivity index (χ1n) is 5.98. The Morgan fingerprint density at radius 3 is 3.12 bits per heavy atom. The van der Waals surface area contributed by atoms with Crippen LogP contribution in [0.1, 0.15) is 38.3 Å². The minimum atomic E-state index is 0.191. The molecule has 0 aromatic carbocycles. The van der Waals surface area contributed by atoms with Gasteiger partial charge in [-0.2, -0.15) is 0 Å². The van der Waals surface area contributed by atoms with Crippen molar-refractivity contribution in [2.75, 3.05) is 5.75 Å². The highest BCUT2D eigenvalue weighted by Crippen LogP contribution is 2.25. The zero-order chi connectivity index (χ0) is 12.3. The number of oxazole rings is 1. The Kier molecular flexibility index (Phi) is 3.76. The summed E-state index contributed by atoms with van der Waals surface area (Å²) in [5.74, 6) is 2.64. The SMILES string of the molecule is CCC1(C)CCSC(=NCc2ncc(C)o2)N1. The van der Waals surface area contributed by atoms with Crippen LogP contribution in [0.4, 0.5) is 0 Å². The van der Waals surface area contributed by atoms with E-state index in [0.29, 0.717) is 12.4 Å². The van der Waals surface area contributed by atoms with Gasteiger partial charge in [0, 0.05) is 11.3 Å². The van der Waals surface area contributed by atoms with Gasteiger partial charge in [0.2, 0.25) is 5.89 Å². The van der Waals surface area contributed by atoms with Crippen LogP contribution in [0.3, 0.4) is 0 Å². The van der Waals surface area contributed by atoms with Gasteiger partial charge in [0.25, 0.3) is 0 Å². The minimum absolute atomic E-state index is 0.191. The third kappa shape index (κ3) is 3.25. The molecular formula is C12H19N3OS. The Labute approximate surface area is 106 Å². The predicted molar refractivity (Wildman–Crippen MR) is 71.3 cm³/mol. The molecule has 0 spiro atoms. The Morgan fingerprint density at radius 2 is 2.47 bits per heavy atom. The van der Waals surface area contributed by atoms with Gasteiger partial charge in [0.15, 0.2) is 5.17 Å². The van der Waals surface area contributed by atoms with Gasteiger partial charge in [0.05, 0.1) is 6.20 Å². The van der Waals surface area contributed by atoms with Crippen molar-refractivity contribution in [3.63, 3.8) is 0 Å². The highest BCUT2D eigenvalue weighted by atomic mass is 32.2. The lowest BCUT2D eigenvalue weighted by atomic mass is 9.96. The van der Waals surface area contributed by atoms with Crippen LogP contribution in [0.25, 0.3) is 0 Å². The molecule has 2 rings (SSSR count). The highest BCUT2D eigenvalue weighted by Gasteiger charge is 2.27. The third-order valence-corrected chi connectivity index (χ3v) is 4.02. The summed E-state index contributed by atoms with van der Waals surface area (Å²) in [6.07, 6.45) is 4.03. The summed E-state index contributed by atoms with van der Waals surface area (Å²) in [6.45, 7) is 6.87. The second kappa shape index (κ2) is 5.12. The number of hydrogen-bond donors (Lipinski definition) is 1. The number of amidine groups is 1. The Hall–Kier alpha value is -0.970. The van der Waals surface area contributed by atoms with Crippen LogP contribution in [0.5, 0.6) is 0 Å². The van der Waals surface area contributed by atoms with Gasteiger partial charge in [-0.25, -0.2) is 4.98 Å². The lowest BCUT2D eigenvalue weighted by Gasteiger charge is -2.35. The topological polar surface area (TPSA) is 50.4 Å². The van der Waals surface area contributed by atoms with E-state index in [-0.39, 0.29) is 5.54 Å². The summed E-state index contributed by atoms with van der Waals surface area (Å²) in [5, 5.41) is 4.51. The molecule has 1 aliphatic heterocycles. The van der Waals surface area contributed by atoms with Crippen LogP contribution < -0.4 is 5.32 Å². The number of nitrogens with zero attached hydrogens (tertiary/aromatic N) is 2. The van der Waals surface area contributed by atoms with Crippen LogP contribution in [-0.4, -0.2) is 21.4 Å². The van der Waals surface area contributed by atoms with E-state index in [1.54, 1.807) is 18.0 Å². The first kappa shape index (κ1) is 12.5. The van der Waals surface area contributed by atoms with Crippen molar-refractivity contribution < 1.29 is 4.42 Å². The molecule has 1 aliphatic rings. The number of thioether (sulfide) groups is 1. The standard InChI is InChI=1S/C12H19N3OS/c1-4-12(3)5-6-17-11(15-12)14-8-10-13-7-9(2)16-10/h7H,4-6,8H2,1-3H3,(H,14,15). The smallest absolute Gasteiger partial charge is 0.216 e. The van der Waals surface area contributed by atoms with Gasteiger partial charge in [-0.3, -0.25) is 4.99 Å². The molecule has 0 saturated carbocycles. The zero-order valence-corrected chi connectivity index (χ0v) is 11.4. The lowest BCUT2D eigenvalue weighted by molar-refractivity contribution is 0.389. The van der Waals surface area contributed by atoms with E-state index >= 15 is 0 Å². The van der Waals surface area contributed by atoms with E-state index in [2.05, 4.69) is 29.1 Å². The number of rotatable bonds is 3. The van der Waals surface area contributed by atoms with Gasteiger partial charge >= 0.3 is 0 Å². The molecule has 4 nitrogen and oxygen atoms in total. The number of aromatic nitrogens is 1. The quantitative estimate of drug-likeness (QED) is 0.900. The highest BCUT2D eigenvalue weighted by molar-refractivity contribution is 8.13. The first-order chi connectivity index (χ1) is 8.11. The summed E-state index contributed by atoms with van der Waals surface area (Å²) >= 11 is 1.78. The van der Waals surface area contributed by atoms with Gasteiger partial charge < -0.3 is 9.73 Å². The molecule has 0 amide bonds. The third-order valence-electron chi connectivity index (χ3n) is 3.11. The molecule has 1 unspecified atom stereocenters. The number of aryl methyl sites for hydroxylation is 1. The van der Waals surface area contributed by atoms with Crippen molar-refractivity contribution in [2.24, 2.45) is 4.99 Å². The van der Waals surface area contributed by atoms with E-state index in [1.807, 2.05) is 6.92 Å². The number of nitrogens with one attached hydrogen (secondary N) is 1. The summed E-state index contributed by atoms with van der Waals surface area (Å²) < 4.78 is 5.40. The van der Waals surface area contributed by atoms with Crippen LogP contribution in [0.15, 0.2) is 15.6 Å². The fourth-order valence-electron chi connectivity index (χ4n) is 1.69. The van der Waals surface area contributed by atoms with Crippen LogP contribution in [0, 0.1) is 6.92 Å². The minimum Gasteiger partial charge on any atom is -0.444 e. The summed E-state index contributed by atoms with van der Waals surface area (Å²) in [7, 11) is 0. The number of hydrogen-bond acceptors (Lipinski definition) is 4. The van der Waals surface area contributed by atoms with E-state index in [9.17, 15) is 0 Å². The van der Waals surface area contributed by atoms with Crippen molar-refractivity contribution >= 4 is 16.9 Å². The molecular weight excluding hydrogens is 234 g/mol. The van der Waals surface area contributed by atoms with Crippen LogP contribution in [-0.2, 0) is 6.54 Å². The molecule has 94 valence electrons. The van der Waals surface area contributed by atoms with Crippen molar-refractivity contribution in [1.82, 2.24) is 10.3 Å². The average Bonchev–Trinajstić information content (AvgIpc) is 2.73. The molecule has 1 aromatic heterocycles. The van der Waals surface area contributed by atoms with E-state index < -0.39 is 0 Å². The maximum atomic E-state index is 5.40. The van der Waals surface area contributed by atoms with Crippen molar-refractivity contribution in [3.05, 3.63) is 17.8 Å². The zero-order valence-electron chi connectivity index (χ0n) is 10.6. The molecule has 0 bridgehead atoms. The van der Waals surface area contributed by atoms with Gasteiger partial charge in [0.1, 0.15) is 12.3 Å². The molecule has 17 heavy (non-hydrogen) atoms. The van der Waals surface area contributed by atoms with Crippen LogP contribution >= 0.6 is 11.8 Å². The molecule has 1 atom stereocenters. The molecule has 5 heteroatoms. The Morgan fingerprint density at radius 1 is 1.65 bits per heavy atom. The summed E-state index contributed by atoms with van der Waals surface area (Å²) in [5.41, 5.74) is 0.191. The first-order valence-corrected chi connectivity index (χ1v) is 6.96. The predicted octanol–water partition coefficient (Wildman–Crippen LogP) is 2.73. The van der Waals surface area contributed by atoms with Crippen molar-refractivity contribution in [1.29, 1.82) is 0 Å².